The lowest BCUT2D eigenvalue weighted by molar-refractivity contribution is 0.339. The summed E-state index contributed by atoms with van der Waals surface area (Å²) >= 11 is 5.71. The van der Waals surface area contributed by atoms with E-state index in [0.29, 0.717) is 12.5 Å². The van der Waals surface area contributed by atoms with Crippen molar-refractivity contribution in [1.29, 1.82) is 0 Å². The van der Waals surface area contributed by atoms with Gasteiger partial charge >= 0.3 is 0 Å². The second-order valence-corrected chi connectivity index (χ2v) is 3.76. The van der Waals surface area contributed by atoms with Crippen LogP contribution >= 0.6 is 11.6 Å². The van der Waals surface area contributed by atoms with Crippen molar-refractivity contribution in [3.05, 3.63) is 18.3 Å². The minimum absolute atomic E-state index is 0.658. The maximum Gasteiger partial charge on any atom is 0.171 e. The first kappa shape index (κ1) is 13.1. The quantitative estimate of drug-likeness (QED) is 0.688. The van der Waals surface area contributed by atoms with Crippen LogP contribution in [0.2, 0.25) is 0 Å². The fourth-order valence-corrected chi connectivity index (χ4v) is 1.67. The van der Waals surface area contributed by atoms with E-state index in [9.17, 15) is 0 Å². The molecular formula is C12H19ClN2O. The Morgan fingerprint density at radius 2 is 2.25 bits per heavy atom. The van der Waals surface area contributed by atoms with Gasteiger partial charge in [-0.2, -0.15) is 0 Å². The van der Waals surface area contributed by atoms with E-state index < -0.39 is 0 Å². The highest BCUT2D eigenvalue weighted by Gasteiger charge is 2.11. The van der Waals surface area contributed by atoms with Crippen molar-refractivity contribution in [2.75, 3.05) is 30.5 Å². The average molecular weight is 243 g/mol. The maximum atomic E-state index is 5.71. The van der Waals surface area contributed by atoms with Crippen LogP contribution in [0, 0.1) is 0 Å². The molecule has 0 N–H and O–H groups in total. The normalized spacial score (nSPS) is 10.2. The molecule has 0 saturated carbocycles. The van der Waals surface area contributed by atoms with Crippen LogP contribution in [0.3, 0.4) is 0 Å². The molecule has 1 heterocycles. The molecule has 0 aliphatic carbocycles. The number of pyridine rings is 1. The first-order valence-corrected chi connectivity index (χ1v) is 6.25. The Morgan fingerprint density at radius 3 is 2.88 bits per heavy atom. The van der Waals surface area contributed by atoms with Gasteiger partial charge in [0.25, 0.3) is 0 Å². The third-order valence-corrected chi connectivity index (χ3v) is 2.56. The molecular weight excluding hydrogens is 224 g/mol. The van der Waals surface area contributed by atoms with Gasteiger partial charge in [0.15, 0.2) is 11.6 Å². The lowest BCUT2D eigenvalue weighted by Crippen LogP contribution is -2.25. The molecule has 0 bridgehead atoms. The Balaban J connectivity index is 2.81. The lowest BCUT2D eigenvalue weighted by atomic mass is 10.3. The molecule has 0 saturated heterocycles. The van der Waals surface area contributed by atoms with E-state index in [0.717, 1.165) is 31.1 Å². The topological polar surface area (TPSA) is 25.4 Å². The molecule has 0 spiro atoms. The van der Waals surface area contributed by atoms with Crippen molar-refractivity contribution in [2.24, 2.45) is 0 Å². The minimum atomic E-state index is 0.658. The summed E-state index contributed by atoms with van der Waals surface area (Å²) in [4.78, 5) is 6.57. The minimum Gasteiger partial charge on any atom is -0.490 e. The summed E-state index contributed by atoms with van der Waals surface area (Å²) < 4.78 is 5.56. The zero-order chi connectivity index (χ0) is 11.8. The van der Waals surface area contributed by atoms with Gasteiger partial charge in [0.1, 0.15) is 0 Å². The van der Waals surface area contributed by atoms with Crippen molar-refractivity contribution >= 4 is 17.4 Å². The smallest absolute Gasteiger partial charge is 0.171 e. The first-order valence-electron chi connectivity index (χ1n) is 5.72. The number of alkyl halides is 1. The number of ether oxygens (including phenoxy) is 1. The Morgan fingerprint density at radius 1 is 1.44 bits per heavy atom. The van der Waals surface area contributed by atoms with Crippen LogP contribution in [0.5, 0.6) is 5.75 Å². The SMILES string of the molecule is CCOc1cccnc1N(CC)CCCCl. The van der Waals surface area contributed by atoms with E-state index in [1.54, 1.807) is 6.20 Å². The van der Waals surface area contributed by atoms with Crippen LogP contribution in [0.4, 0.5) is 5.82 Å². The highest BCUT2D eigenvalue weighted by atomic mass is 35.5. The largest absolute Gasteiger partial charge is 0.490 e. The van der Waals surface area contributed by atoms with Crippen LogP contribution in [0.15, 0.2) is 18.3 Å². The molecule has 0 amide bonds. The zero-order valence-electron chi connectivity index (χ0n) is 9.95. The summed E-state index contributed by atoms with van der Waals surface area (Å²) in [6.45, 7) is 6.57. The van der Waals surface area contributed by atoms with Crippen LogP contribution in [0.25, 0.3) is 0 Å². The summed E-state index contributed by atoms with van der Waals surface area (Å²) in [5, 5.41) is 0. The van der Waals surface area contributed by atoms with Crippen molar-refractivity contribution < 1.29 is 4.74 Å². The molecule has 0 aromatic carbocycles. The number of hydrogen-bond donors (Lipinski definition) is 0. The van der Waals surface area contributed by atoms with Crippen molar-refractivity contribution in [2.45, 2.75) is 20.3 Å². The third kappa shape index (κ3) is 3.56. The van der Waals surface area contributed by atoms with Gasteiger partial charge in [0.05, 0.1) is 6.61 Å². The molecule has 4 heteroatoms. The summed E-state index contributed by atoms with van der Waals surface area (Å²) in [5.41, 5.74) is 0. The summed E-state index contributed by atoms with van der Waals surface area (Å²) in [6.07, 6.45) is 2.75. The molecule has 0 aliphatic rings. The van der Waals surface area contributed by atoms with Crippen LogP contribution in [-0.4, -0.2) is 30.6 Å². The van der Waals surface area contributed by atoms with Crippen LogP contribution in [-0.2, 0) is 0 Å². The van der Waals surface area contributed by atoms with E-state index in [4.69, 9.17) is 16.3 Å². The molecule has 0 fully saturated rings. The van der Waals surface area contributed by atoms with Gasteiger partial charge in [-0.25, -0.2) is 4.98 Å². The van der Waals surface area contributed by atoms with Gasteiger partial charge in [-0.05, 0) is 32.4 Å². The molecule has 0 unspecified atom stereocenters. The molecule has 16 heavy (non-hydrogen) atoms. The first-order chi connectivity index (χ1) is 7.83. The van der Waals surface area contributed by atoms with Gasteiger partial charge in [-0.3, -0.25) is 0 Å². The predicted molar refractivity (Wildman–Crippen MR) is 68.6 cm³/mol. The van der Waals surface area contributed by atoms with E-state index in [2.05, 4.69) is 16.8 Å². The Bertz CT molecular complexity index is 307. The van der Waals surface area contributed by atoms with Crippen molar-refractivity contribution in [1.82, 2.24) is 4.98 Å². The van der Waals surface area contributed by atoms with Crippen LogP contribution in [0.1, 0.15) is 20.3 Å². The second-order valence-electron chi connectivity index (χ2n) is 3.38. The standard InChI is InChI=1S/C12H19ClN2O/c1-3-15(10-6-8-13)12-11(16-4-2)7-5-9-14-12/h5,7,9H,3-4,6,8,10H2,1-2H3. The van der Waals surface area contributed by atoms with Gasteiger partial charge in [-0.1, -0.05) is 0 Å². The van der Waals surface area contributed by atoms with E-state index in [-0.39, 0.29) is 0 Å². The van der Waals surface area contributed by atoms with Crippen molar-refractivity contribution in [3.8, 4) is 5.75 Å². The highest BCUT2D eigenvalue weighted by Crippen LogP contribution is 2.25. The molecule has 90 valence electrons. The summed E-state index contributed by atoms with van der Waals surface area (Å²) in [5.74, 6) is 2.44. The van der Waals surface area contributed by atoms with Gasteiger partial charge in [-0.15, -0.1) is 11.6 Å². The summed E-state index contributed by atoms with van der Waals surface area (Å²) in [6, 6.07) is 3.85. The molecule has 0 radical (unpaired) electrons. The Kier molecular flexibility index (Phi) is 6.01. The molecule has 1 aromatic heterocycles. The lowest BCUT2D eigenvalue weighted by Gasteiger charge is -2.23. The Labute approximate surface area is 102 Å². The van der Waals surface area contributed by atoms with E-state index in [1.807, 2.05) is 19.1 Å². The predicted octanol–water partition coefficient (Wildman–Crippen LogP) is 2.94. The molecule has 3 nitrogen and oxygen atoms in total. The molecule has 0 atom stereocenters. The summed E-state index contributed by atoms with van der Waals surface area (Å²) in [7, 11) is 0. The fourth-order valence-electron chi connectivity index (χ4n) is 1.55. The highest BCUT2D eigenvalue weighted by molar-refractivity contribution is 6.17. The average Bonchev–Trinajstić information content (AvgIpc) is 2.32. The van der Waals surface area contributed by atoms with Crippen molar-refractivity contribution in [3.63, 3.8) is 0 Å². The van der Waals surface area contributed by atoms with Crippen LogP contribution < -0.4 is 9.64 Å². The number of anilines is 1. The zero-order valence-corrected chi connectivity index (χ0v) is 10.7. The Hall–Kier alpha value is -0.960. The second kappa shape index (κ2) is 7.34. The fraction of sp³-hybridized carbons (Fsp3) is 0.583. The van der Waals surface area contributed by atoms with Gasteiger partial charge < -0.3 is 9.64 Å². The van der Waals surface area contributed by atoms with Gasteiger partial charge in [0, 0.05) is 25.2 Å². The van der Waals surface area contributed by atoms with E-state index in [1.165, 1.54) is 0 Å². The number of nitrogens with zero attached hydrogens (tertiary/aromatic N) is 2. The third-order valence-electron chi connectivity index (χ3n) is 2.29. The monoisotopic (exact) mass is 242 g/mol. The maximum absolute atomic E-state index is 5.71. The molecule has 0 aliphatic heterocycles. The van der Waals surface area contributed by atoms with Gasteiger partial charge in [0.2, 0.25) is 0 Å². The molecule has 1 aromatic rings. The number of aromatic nitrogens is 1. The van der Waals surface area contributed by atoms with E-state index >= 15 is 0 Å². The number of halogens is 1. The molecule has 1 rings (SSSR count). The number of hydrogen-bond acceptors (Lipinski definition) is 3. The number of rotatable bonds is 7.